The molecule has 0 fully saturated rings. The monoisotopic (exact) mass is 318 g/mol. The van der Waals surface area contributed by atoms with Gasteiger partial charge in [0, 0.05) is 4.47 Å². The molecule has 0 radical (unpaired) electrons. The molecule has 0 aliphatic carbocycles. The van der Waals surface area contributed by atoms with Crippen LogP contribution in [0.25, 0.3) is 0 Å². The Labute approximate surface area is 121 Å². The van der Waals surface area contributed by atoms with E-state index in [1.54, 1.807) is 0 Å². The summed E-state index contributed by atoms with van der Waals surface area (Å²) in [5, 5.41) is 9.41. The molecular formula is C16H15BrO2. The van der Waals surface area contributed by atoms with Crippen LogP contribution in [0.4, 0.5) is 0 Å². The van der Waals surface area contributed by atoms with Crippen molar-refractivity contribution in [2.75, 3.05) is 0 Å². The second kappa shape index (κ2) is 6.53. The quantitative estimate of drug-likeness (QED) is 0.894. The van der Waals surface area contributed by atoms with Crippen molar-refractivity contribution in [1.29, 1.82) is 0 Å². The van der Waals surface area contributed by atoms with Gasteiger partial charge in [0.2, 0.25) is 0 Å². The zero-order valence-electron chi connectivity index (χ0n) is 10.4. The van der Waals surface area contributed by atoms with Crippen LogP contribution in [0, 0.1) is 0 Å². The molecular weight excluding hydrogens is 304 g/mol. The molecule has 1 atom stereocenters. The molecule has 98 valence electrons. The number of aliphatic carboxylic acids is 1. The van der Waals surface area contributed by atoms with Crippen LogP contribution in [-0.2, 0) is 11.2 Å². The van der Waals surface area contributed by atoms with Crippen molar-refractivity contribution < 1.29 is 9.90 Å². The Morgan fingerprint density at radius 1 is 1.05 bits per heavy atom. The third kappa shape index (κ3) is 3.67. The summed E-state index contributed by atoms with van der Waals surface area (Å²) in [6.45, 7) is 0. The molecule has 0 saturated carbocycles. The standard InChI is InChI=1S/C16H15BrO2/c17-15-9-5-4-8-13(15)14(16(18)19)11-10-12-6-2-1-3-7-12/h1-9,14H,10-11H2,(H,18,19). The van der Waals surface area contributed by atoms with E-state index in [0.717, 1.165) is 16.5 Å². The van der Waals surface area contributed by atoms with Crippen LogP contribution in [0.1, 0.15) is 23.5 Å². The molecule has 3 heteroatoms. The van der Waals surface area contributed by atoms with Crippen LogP contribution < -0.4 is 0 Å². The van der Waals surface area contributed by atoms with Gasteiger partial charge < -0.3 is 5.11 Å². The predicted octanol–water partition coefficient (Wildman–Crippen LogP) is 4.25. The fourth-order valence-corrected chi connectivity index (χ4v) is 2.69. The molecule has 19 heavy (non-hydrogen) atoms. The van der Waals surface area contributed by atoms with E-state index >= 15 is 0 Å². The highest BCUT2D eigenvalue weighted by molar-refractivity contribution is 9.10. The molecule has 0 heterocycles. The van der Waals surface area contributed by atoms with Gasteiger partial charge in [-0.3, -0.25) is 4.79 Å². The molecule has 0 aliphatic rings. The fraction of sp³-hybridized carbons (Fsp3) is 0.188. The van der Waals surface area contributed by atoms with Crippen LogP contribution in [0.15, 0.2) is 59.1 Å². The lowest BCUT2D eigenvalue weighted by Crippen LogP contribution is -2.13. The topological polar surface area (TPSA) is 37.3 Å². The second-order valence-electron chi connectivity index (χ2n) is 4.44. The Hall–Kier alpha value is -1.61. The number of aryl methyl sites for hydroxylation is 1. The Balaban J connectivity index is 2.14. The van der Waals surface area contributed by atoms with Crippen LogP contribution in [-0.4, -0.2) is 11.1 Å². The van der Waals surface area contributed by atoms with Crippen LogP contribution in [0.2, 0.25) is 0 Å². The van der Waals surface area contributed by atoms with Crippen LogP contribution in [0.5, 0.6) is 0 Å². The van der Waals surface area contributed by atoms with Crippen molar-refractivity contribution in [3.63, 3.8) is 0 Å². The maximum Gasteiger partial charge on any atom is 0.311 e. The van der Waals surface area contributed by atoms with E-state index in [0.29, 0.717) is 6.42 Å². The summed E-state index contributed by atoms with van der Waals surface area (Å²) in [5.74, 6) is -1.25. The molecule has 0 aromatic heterocycles. The minimum Gasteiger partial charge on any atom is -0.481 e. The minimum absolute atomic E-state index is 0.476. The highest BCUT2D eigenvalue weighted by Gasteiger charge is 2.21. The third-order valence-corrected chi connectivity index (χ3v) is 3.87. The number of benzene rings is 2. The average Bonchev–Trinajstić information content (AvgIpc) is 2.42. The van der Waals surface area contributed by atoms with Crippen LogP contribution in [0.3, 0.4) is 0 Å². The van der Waals surface area contributed by atoms with Gasteiger partial charge in [0.25, 0.3) is 0 Å². The normalized spacial score (nSPS) is 12.1. The Kier molecular flexibility index (Phi) is 4.74. The number of hydrogen-bond donors (Lipinski definition) is 1. The SMILES string of the molecule is O=C(O)C(CCc1ccccc1)c1ccccc1Br. The fourth-order valence-electron chi connectivity index (χ4n) is 2.13. The Morgan fingerprint density at radius 2 is 1.68 bits per heavy atom. The van der Waals surface area contributed by atoms with Gasteiger partial charge in [-0.1, -0.05) is 64.5 Å². The van der Waals surface area contributed by atoms with Gasteiger partial charge in [0.05, 0.1) is 5.92 Å². The summed E-state index contributed by atoms with van der Waals surface area (Å²) >= 11 is 3.43. The highest BCUT2D eigenvalue weighted by atomic mass is 79.9. The van der Waals surface area contributed by atoms with Crippen molar-refractivity contribution in [3.05, 3.63) is 70.2 Å². The number of hydrogen-bond acceptors (Lipinski definition) is 1. The zero-order valence-corrected chi connectivity index (χ0v) is 12.0. The first-order valence-electron chi connectivity index (χ1n) is 6.19. The number of carboxylic acid groups (broad SMARTS) is 1. The lowest BCUT2D eigenvalue weighted by molar-refractivity contribution is -0.139. The molecule has 0 spiro atoms. The van der Waals surface area contributed by atoms with Gasteiger partial charge in [-0.05, 0) is 30.0 Å². The van der Waals surface area contributed by atoms with Crippen molar-refractivity contribution in [3.8, 4) is 0 Å². The maximum absolute atomic E-state index is 11.5. The predicted molar refractivity (Wildman–Crippen MR) is 79.3 cm³/mol. The lowest BCUT2D eigenvalue weighted by Gasteiger charge is -2.14. The van der Waals surface area contributed by atoms with E-state index in [9.17, 15) is 9.90 Å². The summed E-state index contributed by atoms with van der Waals surface area (Å²) in [6, 6.07) is 17.5. The minimum atomic E-state index is -0.775. The van der Waals surface area contributed by atoms with Crippen LogP contribution >= 0.6 is 15.9 Å². The van der Waals surface area contributed by atoms with Gasteiger partial charge >= 0.3 is 5.97 Å². The molecule has 0 bridgehead atoms. The number of rotatable bonds is 5. The first kappa shape index (κ1) is 13.8. The van der Waals surface area contributed by atoms with E-state index in [2.05, 4.69) is 15.9 Å². The summed E-state index contributed by atoms with van der Waals surface area (Å²) in [4.78, 5) is 11.5. The molecule has 0 amide bonds. The van der Waals surface area contributed by atoms with Crippen molar-refractivity contribution in [2.45, 2.75) is 18.8 Å². The molecule has 2 rings (SSSR count). The van der Waals surface area contributed by atoms with E-state index in [-0.39, 0.29) is 0 Å². The van der Waals surface area contributed by atoms with E-state index in [1.807, 2.05) is 54.6 Å². The molecule has 1 unspecified atom stereocenters. The number of carboxylic acids is 1. The largest absolute Gasteiger partial charge is 0.481 e. The van der Waals surface area contributed by atoms with Gasteiger partial charge in [-0.25, -0.2) is 0 Å². The first-order valence-corrected chi connectivity index (χ1v) is 6.99. The maximum atomic E-state index is 11.5. The second-order valence-corrected chi connectivity index (χ2v) is 5.29. The van der Waals surface area contributed by atoms with E-state index < -0.39 is 11.9 Å². The molecule has 2 aromatic rings. The van der Waals surface area contributed by atoms with E-state index in [1.165, 1.54) is 5.56 Å². The molecule has 0 saturated heterocycles. The smallest absolute Gasteiger partial charge is 0.311 e. The van der Waals surface area contributed by atoms with Crippen molar-refractivity contribution >= 4 is 21.9 Å². The lowest BCUT2D eigenvalue weighted by atomic mass is 9.92. The van der Waals surface area contributed by atoms with Crippen molar-refractivity contribution in [1.82, 2.24) is 0 Å². The average molecular weight is 319 g/mol. The molecule has 2 aromatic carbocycles. The molecule has 2 nitrogen and oxygen atoms in total. The number of carbonyl (C=O) groups is 1. The summed E-state index contributed by atoms with van der Waals surface area (Å²) < 4.78 is 0.857. The highest BCUT2D eigenvalue weighted by Crippen LogP contribution is 2.28. The summed E-state index contributed by atoms with van der Waals surface area (Å²) in [6.07, 6.45) is 1.36. The van der Waals surface area contributed by atoms with Crippen molar-refractivity contribution in [2.24, 2.45) is 0 Å². The van der Waals surface area contributed by atoms with E-state index in [4.69, 9.17) is 0 Å². The van der Waals surface area contributed by atoms with Gasteiger partial charge in [-0.2, -0.15) is 0 Å². The number of halogens is 1. The Bertz CT molecular complexity index is 552. The first-order chi connectivity index (χ1) is 9.18. The molecule has 1 N–H and O–H groups in total. The van der Waals surface area contributed by atoms with Gasteiger partial charge in [-0.15, -0.1) is 0 Å². The summed E-state index contributed by atoms with van der Waals surface area (Å²) in [5.41, 5.74) is 2.01. The summed E-state index contributed by atoms with van der Waals surface area (Å²) in [7, 11) is 0. The van der Waals surface area contributed by atoms with Gasteiger partial charge in [0.15, 0.2) is 0 Å². The third-order valence-electron chi connectivity index (χ3n) is 3.14. The van der Waals surface area contributed by atoms with Gasteiger partial charge in [0.1, 0.15) is 0 Å². The zero-order chi connectivity index (χ0) is 13.7. The molecule has 0 aliphatic heterocycles. The Morgan fingerprint density at radius 3 is 2.32 bits per heavy atom.